The Bertz CT molecular complexity index is 759. The quantitative estimate of drug-likeness (QED) is 0.313. The van der Waals surface area contributed by atoms with E-state index < -0.39 is 16.4 Å². The van der Waals surface area contributed by atoms with Gasteiger partial charge in [-0.2, -0.15) is 8.42 Å². The first kappa shape index (κ1) is 21.5. The van der Waals surface area contributed by atoms with E-state index >= 15 is 0 Å². The first-order valence-corrected chi connectivity index (χ1v) is 10.2. The SMILES string of the molecule is Cc1ccc(S(=O)(=O)OCCOC(C)OCCOCc2ccccc2)cc1. The molecule has 0 fully saturated rings. The lowest BCUT2D eigenvalue weighted by Crippen LogP contribution is -2.20. The molecule has 0 heterocycles. The number of hydrogen-bond acceptors (Lipinski definition) is 6. The molecule has 0 aliphatic carbocycles. The molecule has 0 bridgehead atoms. The highest BCUT2D eigenvalue weighted by molar-refractivity contribution is 7.86. The van der Waals surface area contributed by atoms with Crippen LogP contribution in [-0.2, 0) is 35.1 Å². The molecule has 0 radical (unpaired) electrons. The highest BCUT2D eigenvalue weighted by Gasteiger charge is 2.14. The summed E-state index contributed by atoms with van der Waals surface area (Å²) >= 11 is 0. The second kappa shape index (κ2) is 11.2. The summed E-state index contributed by atoms with van der Waals surface area (Å²) in [5.74, 6) is 0. The number of benzene rings is 2. The molecule has 0 amide bonds. The van der Waals surface area contributed by atoms with Crippen molar-refractivity contribution < 1.29 is 26.8 Å². The molecule has 0 spiro atoms. The van der Waals surface area contributed by atoms with E-state index in [4.69, 9.17) is 18.4 Å². The summed E-state index contributed by atoms with van der Waals surface area (Å²) in [4.78, 5) is 0.132. The molecule has 0 aliphatic rings. The molecular weight excluding hydrogens is 368 g/mol. The van der Waals surface area contributed by atoms with Crippen LogP contribution in [0.25, 0.3) is 0 Å². The van der Waals surface area contributed by atoms with E-state index in [2.05, 4.69) is 0 Å². The van der Waals surface area contributed by atoms with Crippen LogP contribution in [0.3, 0.4) is 0 Å². The average Bonchev–Trinajstić information content (AvgIpc) is 2.66. The van der Waals surface area contributed by atoms with Crippen LogP contribution < -0.4 is 0 Å². The maximum Gasteiger partial charge on any atom is 0.297 e. The van der Waals surface area contributed by atoms with Crippen LogP contribution in [-0.4, -0.2) is 41.1 Å². The fourth-order valence-electron chi connectivity index (χ4n) is 2.22. The lowest BCUT2D eigenvalue weighted by atomic mass is 10.2. The second-order valence-corrected chi connectivity index (χ2v) is 7.55. The Kier molecular flexibility index (Phi) is 8.90. The Morgan fingerprint density at radius 1 is 0.852 bits per heavy atom. The molecule has 6 nitrogen and oxygen atoms in total. The summed E-state index contributed by atoms with van der Waals surface area (Å²) in [6, 6.07) is 16.4. The number of hydrogen-bond donors (Lipinski definition) is 0. The molecule has 0 N–H and O–H groups in total. The number of ether oxygens (including phenoxy) is 3. The summed E-state index contributed by atoms with van der Waals surface area (Å²) in [5, 5.41) is 0. The molecule has 0 aromatic heterocycles. The Hall–Kier alpha value is -1.77. The molecule has 27 heavy (non-hydrogen) atoms. The van der Waals surface area contributed by atoms with Crippen LogP contribution in [0.15, 0.2) is 59.5 Å². The van der Waals surface area contributed by atoms with E-state index in [0.717, 1.165) is 11.1 Å². The lowest BCUT2D eigenvalue weighted by molar-refractivity contribution is -0.143. The minimum absolute atomic E-state index is 0.0750. The van der Waals surface area contributed by atoms with Crippen molar-refractivity contribution in [3.63, 3.8) is 0 Å². The third kappa shape index (κ3) is 8.19. The molecular formula is C20H26O6S. The minimum Gasteiger partial charge on any atom is -0.374 e. The lowest BCUT2D eigenvalue weighted by Gasteiger charge is -2.14. The molecule has 1 unspecified atom stereocenters. The summed E-state index contributed by atoms with van der Waals surface area (Å²) in [6.07, 6.45) is -0.476. The molecule has 2 rings (SSSR count). The zero-order valence-corrected chi connectivity index (χ0v) is 16.5. The van der Waals surface area contributed by atoms with Crippen molar-refractivity contribution in [3.8, 4) is 0 Å². The van der Waals surface area contributed by atoms with Crippen LogP contribution in [0, 0.1) is 6.92 Å². The van der Waals surface area contributed by atoms with Crippen molar-refractivity contribution in [2.45, 2.75) is 31.6 Å². The van der Waals surface area contributed by atoms with Crippen molar-refractivity contribution in [2.75, 3.05) is 26.4 Å². The molecule has 1 atom stereocenters. The third-order valence-electron chi connectivity index (χ3n) is 3.68. The van der Waals surface area contributed by atoms with Gasteiger partial charge < -0.3 is 14.2 Å². The molecule has 0 aliphatic heterocycles. The topological polar surface area (TPSA) is 71.1 Å². The second-order valence-electron chi connectivity index (χ2n) is 5.94. The predicted molar refractivity (Wildman–Crippen MR) is 102 cm³/mol. The summed E-state index contributed by atoms with van der Waals surface area (Å²) < 4.78 is 45.4. The number of aryl methyl sites for hydroxylation is 1. The normalized spacial score (nSPS) is 12.8. The molecule has 2 aromatic rings. The van der Waals surface area contributed by atoms with Gasteiger partial charge >= 0.3 is 0 Å². The Morgan fingerprint density at radius 2 is 1.48 bits per heavy atom. The Balaban J connectivity index is 1.55. The zero-order chi connectivity index (χ0) is 19.5. The van der Waals surface area contributed by atoms with Gasteiger partial charge in [0.1, 0.15) is 0 Å². The molecule has 2 aromatic carbocycles. The van der Waals surface area contributed by atoms with E-state index in [1.165, 1.54) is 12.1 Å². The zero-order valence-electron chi connectivity index (χ0n) is 15.7. The fourth-order valence-corrected chi connectivity index (χ4v) is 3.11. The van der Waals surface area contributed by atoms with Gasteiger partial charge in [0.25, 0.3) is 10.1 Å². The van der Waals surface area contributed by atoms with Crippen molar-refractivity contribution in [1.29, 1.82) is 0 Å². The maximum atomic E-state index is 12.0. The van der Waals surface area contributed by atoms with E-state index in [9.17, 15) is 8.42 Å². The smallest absolute Gasteiger partial charge is 0.297 e. The molecule has 0 saturated carbocycles. The van der Waals surface area contributed by atoms with Crippen molar-refractivity contribution >= 4 is 10.1 Å². The van der Waals surface area contributed by atoms with Crippen LogP contribution in [0.2, 0.25) is 0 Å². The highest BCUT2D eigenvalue weighted by Crippen LogP contribution is 2.13. The van der Waals surface area contributed by atoms with Crippen LogP contribution in [0.5, 0.6) is 0 Å². The highest BCUT2D eigenvalue weighted by atomic mass is 32.2. The summed E-state index contributed by atoms with van der Waals surface area (Å²) in [5.41, 5.74) is 2.09. The minimum atomic E-state index is -3.77. The van der Waals surface area contributed by atoms with Crippen LogP contribution >= 0.6 is 0 Å². The van der Waals surface area contributed by atoms with Gasteiger partial charge in [0.05, 0.1) is 37.9 Å². The number of rotatable bonds is 12. The predicted octanol–water partition coefficient (Wildman–Crippen LogP) is 3.30. The van der Waals surface area contributed by atoms with Gasteiger partial charge in [-0.3, -0.25) is 4.18 Å². The largest absolute Gasteiger partial charge is 0.374 e. The first-order valence-electron chi connectivity index (χ1n) is 8.78. The van der Waals surface area contributed by atoms with Gasteiger partial charge in [-0.15, -0.1) is 0 Å². The van der Waals surface area contributed by atoms with Gasteiger partial charge in [-0.25, -0.2) is 0 Å². The van der Waals surface area contributed by atoms with Gasteiger partial charge in [0.15, 0.2) is 6.29 Å². The van der Waals surface area contributed by atoms with E-state index in [1.54, 1.807) is 19.1 Å². The Labute approximate surface area is 161 Å². The summed E-state index contributed by atoms with van der Waals surface area (Å²) in [7, 11) is -3.77. The van der Waals surface area contributed by atoms with E-state index in [-0.39, 0.29) is 18.1 Å². The standard InChI is InChI=1S/C20H26O6S/c1-17-8-10-20(11-9-17)27(21,22)26-15-14-25-18(2)24-13-12-23-16-19-6-4-3-5-7-19/h3-11,18H,12-16H2,1-2H3. The first-order chi connectivity index (χ1) is 13.0. The third-order valence-corrected chi connectivity index (χ3v) is 5.00. The van der Waals surface area contributed by atoms with Crippen LogP contribution in [0.1, 0.15) is 18.1 Å². The summed E-state index contributed by atoms with van der Waals surface area (Å²) in [6.45, 7) is 5.03. The van der Waals surface area contributed by atoms with Crippen molar-refractivity contribution in [2.24, 2.45) is 0 Å². The molecule has 148 valence electrons. The van der Waals surface area contributed by atoms with Gasteiger partial charge in [-0.05, 0) is 31.5 Å². The van der Waals surface area contributed by atoms with Gasteiger partial charge in [-0.1, -0.05) is 48.0 Å². The van der Waals surface area contributed by atoms with E-state index in [0.29, 0.717) is 19.8 Å². The average molecular weight is 394 g/mol. The monoisotopic (exact) mass is 394 g/mol. The molecule has 7 heteroatoms. The van der Waals surface area contributed by atoms with Crippen LogP contribution in [0.4, 0.5) is 0 Å². The van der Waals surface area contributed by atoms with E-state index in [1.807, 2.05) is 37.3 Å². The maximum absolute atomic E-state index is 12.0. The Morgan fingerprint density at radius 3 is 2.15 bits per heavy atom. The van der Waals surface area contributed by atoms with Gasteiger partial charge in [0, 0.05) is 0 Å². The van der Waals surface area contributed by atoms with Crippen molar-refractivity contribution in [1.82, 2.24) is 0 Å². The van der Waals surface area contributed by atoms with Gasteiger partial charge in [0.2, 0.25) is 0 Å². The molecule has 0 saturated heterocycles. The fraction of sp³-hybridized carbons (Fsp3) is 0.400. The van der Waals surface area contributed by atoms with Crippen molar-refractivity contribution in [3.05, 3.63) is 65.7 Å².